The smallest absolute Gasteiger partial charge is 0.231 e. The number of ether oxygens (including phenoxy) is 3. The highest BCUT2D eigenvalue weighted by molar-refractivity contribution is 6.32. The van der Waals surface area contributed by atoms with E-state index < -0.39 is 0 Å². The summed E-state index contributed by atoms with van der Waals surface area (Å²) in [5.41, 5.74) is 1.79. The minimum atomic E-state index is -0.179. The van der Waals surface area contributed by atoms with E-state index in [4.69, 9.17) is 25.8 Å². The number of rotatable bonds is 4. The van der Waals surface area contributed by atoms with Crippen molar-refractivity contribution in [2.75, 3.05) is 6.79 Å². The van der Waals surface area contributed by atoms with Crippen molar-refractivity contribution < 1.29 is 19.0 Å². The summed E-state index contributed by atoms with van der Waals surface area (Å²) < 4.78 is 17.2. The lowest BCUT2D eigenvalue weighted by molar-refractivity contribution is -0.123. The molecule has 3 aliphatic rings. The van der Waals surface area contributed by atoms with E-state index in [1.165, 1.54) is 0 Å². The highest BCUT2D eigenvalue weighted by Gasteiger charge is 2.46. The van der Waals surface area contributed by atoms with Gasteiger partial charge in [-0.25, -0.2) is 0 Å². The van der Waals surface area contributed by atoms with Gasteiger partial charge < -0.3 is 19.5 Å². The number of para-hydroxylation sites is 2. The number of halogens is 1. The zero-order chi connectivity index (χ0) is 19.1. The molecule has 1 saturated carbocycles. The van der Waals surface area contributed by atoms with Crippen LogP contribution in [0.15, 0.2) is 36.4 Å². The van der Waals surface area contributed by atoms with Gasteiger partial charge in [-0.15, -0.1) is 0 Å². The van der Waals surface area contributed by atoms with Crippen LogP contribution in [-0.2, 0) is 11.2 Å². The van der Waals surface area contributed by atoms with E-state index in [1.807, 2.05) is 36.4 Å². The number of amides is 1. The Morgan fingerprint density at radius 1 is 1.14 bits per heavy atom. The summed E-state index contributed by atoms with van der Waals surface area (Å²) in [7, 11) is 0. The molecule has 1 atom stereocenters. The van der Waals surface area contributed by atoms with Gasteiger partial charge in [0.15, 0.2) is 11.5 Å². The van der Waals surface area contributed by atoms with Crippen molar-refractivity contribution in [2.24, 2.45) is 0 Å². The molecule has 0 saturated heterocycles. The molecular weight excluding hydrogens is 378 g/mol. The number of hydrogen-bond acceptors (Lipinski definition) is 4. The minimum Gasteiger partial charge on any atom is -0.485 e. The first-order valence-corrected chi connectivity index (χ1v) is 10.2. The molecule has 5 rings (SSSR count). The molecule has 1 fully saturated rings. The summed E-state index contributed by atoms with van der Waals surface area (Å²) in [6.45, 7) is 0.236. The summed E-state index contributed by atoms with van der Waals surface area (Å²) in [5.74, 6) is 2.25. The number of fused-ring (bicyclic) bond motifs is 2. The third-order valence-electron chi connectivity index (χ3n) is 5.97. The molecule has 0 aromatic heterocycles. The first kappa shape index (κ1) is 17.7. The van der Waals surface area contributed by atoms with Gasteiger partial charge in [-0.2, -0.15) is 0 Å². The normalized spacial score (nSPS) is 20.8. The molecule has 5 nitrogen and oxygen atoms in total. The number of carbonyl (C=O) groups is 1. The van der Waals surface area contributed by atoms with Gasteiger partial charge in [-0.05, 0) is 43.4 Å². The molecule has 1 unspecified atom stereocenters. The second kappa shape index (κ2) is 6.89. The number of carbonyl (C=O) groups excluding carboxylic acids is 1. The van der Waals surface area contributed by atoms with Crippen LogP contribution in [0.1, 0.15) is 49.3 Å². The predicted octanol–water partition coefficient (Wildman–Crippen LogP) is 4.56. The average molecular weight is 400 g/mol. The van der Waals surface area contributed by atoms with Crippen molar-refractivity contribution in [1.29, 1.82) is 0 Å². The Bertz CT molecular complexity index is 925. The van der Waals surface area contributed by atoms with Gasteiger partial charge in [0, 0.05) is 18.4 Å². The Hall–Kier alpha value is -2.40. The molecule has 1 N–H and O–H groups in total. The first-order valence-electron chi connectivity index (χ1n) is 9.78. The second-order valence-corrected chi connectivity index (χ2v) is 8.18. The van der Waals surface area contributed by atoms with Crippen molar-refractivity contribution in [2.45, 2.75) is 50.2 Å². The average Bonchev–Trinajstić information content (AvgIpc) is 3.15. The molecule has 1 amide bonds. The van der Waals surface area contributed by atoms with Crippen molar-refractivity contribution in [3.05, 3.63) is 52.5 Å². The van der Waals surface area contributed by atoms with Crippen LogP contribution in [0, 0.1) is 0 Å². The summed E-state index contributed by atoms with van der Waals surface area (Å²) in [5, 5.41) is 3.82. The lowest BCUT2D eigenvalue weighted by Crippen LogP contribution is -2.49. The second-order valence-electron chi connectivity index (χ2n) is 7.77. The van der Waals surface area contributed by atoms with Crippen molar-refractivity contribution in [1.82, 2.24) is 5.32 Å². The van der Waals surface area contributed by atoms with Crippen LogP contribution in [0.4, 0.5) is 0 Å². The lowest BCUT2D eigenvalue weighted by atomic mass is 9.73. The maximum atomic E-state index is 12.7. The van der Waals surface area contributed by atoms with Gasteiger partial charge in [0.2, 0.25) is 12.7 Å². The van der Waals surface area contributed by atoms with Gasteiger partial charge >= 0.3 is 0 Å². The molecule has 6 heteroatoms. The SMILES string of the molecule is O=C(CCc1cccc2c1OCO2)NC1CC2(CCC2)Oc2c(Cl)cccc21. The lowest BCUT2D eigenvalue weighted by Gasteiger charge is -2.48. The van der Waals surface area contributed by atoms with Crippen molar-refractivity contribution in [3.63, 3.8) is 0 Å². The Kier molecular flexibility index (Phi) is 4.35. The Balaban J connectivity index is 1.30. The molecule has 1 spiro atoms. The first-order chi connectivity index (χ1) is 13.6. The summed E-state index contributed by atoms with van der Waals surface area (Å²) in [6, 6.07) is 11.5. The van der Waals surface area contributed by atoms with Gasteiger partial charge in [0.1, 0.15) is 11.4 Å². The van der Waals surface area contributed by atoms with Crippen LogP contribution in [0.25, 0.3) is 0 Å². The van der Waals surface area contributed by atoms with E-state index in [2.05, 4.69) is 5.32 Å². The predicted molar refractivity (Wildman–Crippen MR) is 105 cm³/mol. The van der Waals surface area contributed by atoms with Gasteiger partial charge in [0.25, 0.3) is 0 Å². The molecule has 1 aliphatic carbocycles. The third-order valence-corrected chi connectivity index (χ3v) is 6.26. The van der Waals surface area contributed by atoms with Gasteiger partial charge in [0.05, 0.1) is 11.1 Å². The van der Waals surface area contributed by atoms with E-state index in [1.54, 1.807) is 0 Å². The van der Waals surface area contributed by atoms with Crippen LogP contribution in [-0.4, -0.2) is 18.3 Å². The topological polar surface area (TPSA) is 56.8 Å². The molecule has 0 bridgehead atoms. The Morgan fingerprint density at radius 3 is 2.82 bits per heavy atom. The molecule has 2 aliphatic heterocycles. The fourth-order valence-corrected chi connectivity index (χ4v) is 4.58. The van der Waals surface area contributed by atoms with E-state index in [-0.39, 0.29) is 24.3 Å². The zero-order valence-electron chi connectivity index (χ0n) is 15.5. The Morgan fingerprint density at radius 2 is 2.00 bits per heavy atom. The monoisotopic (exact) mass is 399 g/mol. The van der Waals surface area contributed by atoms with Crippen LogP contribution in [0.5, 0.6) is 17.2 Å². The molecule has 0 radical (unpaired) electrons. The molecule has 2 heterocycles. The molecule has 146 valence electrons. The van der Waals surface area contributed by atoms with E-state index in [0.29, 0.717) is 17.9 Å². The van der Waals surface area contributed by atoms with E-state index in [9.17, 15) is 4.79 Å². The highest BCUT2D eigenvalue weighted by atomic mass is 35.5. The van der Waals surface area contributed by atoms with Crippen molar-refractivity contribution >= 4 is 17.5 Å². The van der Waals surface area contributed by atoms with Crippen molar-refractivity contribution in [3.8, 4) is 17.2 Å². The van der Waals surface area contributed by atoms with Gasteiger partial charge in [-0.3, -0.25) is 4.79 Å². The quantitative estimate of drug-likeness (QED) is 0.818. The maximum Gasteiger partial charge on any atom is 0.231 e. The largest absolute Gasteiger partial charge is 0.485 e. The standard InChI is InChI=1S/C22H22ClNO4/c23-16-6-2-5-15-17(12-22(10-3-11-22)28-21(15)16)24-19(25)9-8-14-4-1-7-18-20(14)27-13-26-18/h1-2,4-7,17H,3,8-13H2,(H,24,25). The minimum absolute atomic E-state index is 0.0174. The van der Waals surface area contributed by atoms with Crippen LogP contribution >= 0.6 is 11.6 Å². The fraction of sp³-hybridized carbons (Fsp3) is 0.409. The van der Waals surface area contributed by atoms with Gasteiger partial charge in [-0.1, -0.05) is 35.9 Å². The number of benzene rings is 2. The fourth-order valence-electron chi connectivity index (χ4n) is 4.36. The number of nitrogens with one attached hydrogen (secondary N) is 1. The molecule has 2 aromatic carbocycles. The highest BCUT2D eigenvalue weighted by Crippen LogP contribution is 2.50. The van der Waals surface area contributed by atoms with E-state index in [0.717, 1.165) is 54.1 Å². The maximum absolute atomic E-state index is 12.7. The van der Waals surface area contributed by atoms with Crippen LogP contribution in [0.2, 0.25) is 5.02 Å². The van der Waals surface area contributed by atoms with Crippen LogP contribution in [0.3, 0.4) is 0 Å². The molecule has 28 heavy (non-hydrogen) atoms. The van der Waals surface area contributed by atoms with Crippen LogP contribution < -0.4 is 19.5 Å². The summed E-state index contributed by atoms with van der Waals surface area (Å²) in [4.78, 5) is 12.7. The zero-order valence-corrected chi connectivity index (χ0v) is 16.3. The molecule has 2 aromatic rings. The number of aryl methyl sites for hydroxylation is 1. The summed E-state index contributed by atoms with van der Waals surface area (Å²) in [6.07, 6.45) is 4.97. The Labute approximate surface area is 168 Å². The van der Waals surface area contributed by atoms with E-state index >= 15 is 0 Å². The number of hydrogen-bond donors (Lipinski definition) is 1. The third kappa shape index (κ3) is 3.08. The molecular formula is C22H22ClNO4. The summed E-state index contributed by atoms with van der Waals surface area (Å²) >= 11 is 6.38.